The fourth-order valence-corrected chi connectivity index (χ4v) is 1.94. The quantitative estimate of drug-likeness (QED) is 0.765. The minimum Gasteiger partial charge on any atom is -0.491 e. The highest BCUT2D eigenvalue weighted by Gasteiger charge is 2.16. The maximum absolute atomic E-state index is 11.9. The number of ether oxygens (including phenoxy) is 1. The molecule has 0 radical (unpaired) electrons. The largest absolute Gasteiger partial charge is 0.491 e. The van der Waals surface area contributed by atoms with Crippen molar-refractivity contribution < 1.29 is 9.53 Å². The molecule has 3 N–H and O–H groups in total. The van der Waals surface area contributed by atoms with Crippen molar-refractivity contribution in [1.82, 2.24) is 5.32 Å². The Labute approximate surface area is 121 Å². The molecule has 1 unspecified atom stereocenters. The minimum atomic E-state index is -0.168. The molecule has 0 saturated carbocycles. The van der Waals surface area contributed by atoms with Crippen molar-refractivity contribution in [1.29, 1.82) is 0 Å². The normalized spacial score (nSPS) is 12.2. The first-order valence-corrected chi connectivity index (χ1v) is 7.30. The van der Waals surface area contributed by atoms with E-state index in [0.717, 1.165) is 17.7 Å². The van der Waals surface area contributed by atoms with Gasteiger partial charge in [-0.1, -0.05) is 19.1 Å². The molecule has 1 amide bonds. The third-order valence-corrected chi connectivity index (χ3v) is 2.98. The van der Waals surface area contributed by atoms with Gasteiger partial charge in [0.05, 0.1) is 12.0 Å². The van der Waals surface area contributed by atoms with Crippen LogP contribution in [0, 0.1) is 5.92 Å². The first-order chi connectivity index (χ1) is 9.56. The molecule has 4 heteroatoms. The number of nitrogens with one attached hydrogen (secondary N) is 1. The molecule has 0 aliphatic rings. The van der Waals surface area contributed by atoms with Gasteiger partial charge >= 0.3 is 0 Å². The molecule has 1 atom stereocenters. The molecular weight excluding hydrogens is 252 g/mol. The van der Waals surface area contributed by atoms with E-state index < -0.39 is 0 Å². The van der Waals surface area contributed by atoms with Gasteiger partial charge in [0.25, 0.3) is 0 Å². The zero-order chi connectivity index (χ0) is 15.0. The average Bonchev–Trinajstić information content (AvgIpc) is 2.43. The Morgan fingerprint density at radius 2 is 1.95 bits per heavy atom. The lowest BCUT2D eigenvalue weighted by molar-refractivity contribution is -0.124. The molecule has 0 heterocycles. The number of carbonyl (C=O) groups is 1. The number of hydrogen-bond donors (Lipinski definition) is 2. The number of nitrogens with two attached hydrogens (primary N) is 1. The molecule has 0 aliphatic heterocycles. The van der Waals surface area contributed by atoms with Gasteiger partial charge in [-0.25, -0.2) is 0 Å². The van der Waals surface area contributed by atoms with E-state index in [-0.39, 0.29) is 17.9 Å². The fraction of sp³-hybridized carbons (Fsp3) is 0.562. The number of hydrogen-bond acceptors (Lipinski definition) is 3. The molecule has 1 aromatic rings. The molecular formula is C16H26N2O2. The molecule has 1 rings (SSSR count). The molecule has 0 fully saturated rings. The van der Waals surface area contributed by atoms with E-state index in [1.54, 1.807) is 0 Å². The SMILES string of the molecule is CCCNC(=O)C(CN)Cc1ccc(OC(C)C)cc1. The first-order valence-electron chi connectivity index (χ1n) is 7.30. The average molecular weight is 278 g/mol. The lowest BCUT2D eigenvalue weighted by atomic mass is 9.98. The van der Waals surface area contributed by atoms with Crippen molar-refractivity contribution in [3.8, 4) is 5.75 Å². The second-order valence-corrected chi connectivity index (χ2v) is 5.24. The summed E-state index contributed by atoms with van der Waals surface area (Å²) in [5.41, 5.74) is 6.80. The highest BCUT2D eigenvalue weighted by molar-refractivity contribution is 5.79. The number of rotatable bonds is 8. The van der Waals surface area contributed by atoms with E-state index in [4.69, 9.17) is 10.5 Å². The summed E-state index contributed by atoms with van der Waals surface area (Å²) in [7, 11) is 0. The van der Waals surface area contributed by atoms with Crippen molar-refractivity contribution >= 4 is 5.91 Å². The lowest BCUT2D eigenvalue weighted by Crippen LogP contribution is -2.36. The Morgan fingerprint density at radius 3 is 2.45 bits per heavy atom. The maximum Gasteiger partial charge on any atom is 0.224 e. The van der Waals surface area contributed by atoms with Crippen LogP contribution in [0.4, 0.5) is 0 Å². The highest BCUT2D eigenvalue weighted by atomic mass is 16.5. The second-order valence-electron chi connectivity index (χ2n) is 5.24. The monoisotopic (exact) mass is 278 g/mol. The Morgan fingerprint density at radius 1 is 1.30 bits per heavy atom. The zero-order valence-electron chi connectivity index (χ0n) is 12.7. The molecule has 112 valence electrons. The standard InChI is InChI=1S/C16H26N2O2/c1-4-9-18-16(19)14(11-17)10-13-5-7-15(8-6-13)20-12(2)3/h5-8,12,14H,4,9-11,17H2,1-3H3,(H,18,19). The number of amides is 1. The van der Waals surface area contributed by atoms with Crippen LogP contribution < -0.4 is 15.8 Å². The predicted octanol–water partition coefficient (Wildman–Crippen LogP) is 2.12. The Kier molecular flexibility index (Phi) is 7.09. The summed E-state index contributed by atoms with van der Waals surface area (Å²) in [6.45, 7) is 7.09. The van der Waals surface area contributed by atoms with E-state index >= 15 is 0 Å². The highest BCUT2D eigenvalue weighted by Crippen LogP contribution is 2.16. The van der Waals surface area contributed by atoms with Crippen LogP contribution in [0.5, 0.6) is 5.75 Å². The van der Waals surface area contributed by atoms with Crippen molar-refractivity contribution in [3.05, 3.63) is 29.8 Å². The van der Waals surface area contributed by atoms with Crippen molar-refractivity contribution in [2.24, 2.45) is 11.7 Å². The van der Waals surface area contributed by atoms with Gasteiger partial charge in [-0.2, -0.15) is 0 Å². The van der Waals surface area contributed by atoms with Crippen LogP contribution in [0.25, 0.3) is 0 Å². The first kappa shape index (κ1) is 16.5. The number of benzene rings is 1. The van der Waals surface area contributed by atoms with Gasteiger partial charge in [-0.15, -0.1) is 0 Å². The van der Waals surface area contributed by atoms with E-state index in [1.165, 1.54) is 0 Å². The molecule has 0 bridgehead atoms. The van der Waals surface area contributed by atoms with E-state index in [0.29, 0.717) is 19.5 Å². The third-order valence-electron chi connectivity index (χ3n) is 2.98. The molecule has 4 nitrogen and oxygen atoms in total. The molecule has 20 heavy (non-hydrogen) atoms. The summed E-state index contributed by atoms with van der Waals surface area (Å²) >= 11 is 0. The molecule has 1 aromatic carbocycles. The summed E-state index contributed by atoms with van der Waals surface area (Å²) in [6.07, 6.45) is 1.76. The molecule has 0 aliphatic carbocycles. The maximum atomic E-state index is 11.9. The summed E-state index contributed by atoms with van der Waals surface area (Å²) in [6, 6.07) is 7.86. The Hall–Kier alpha value is -1.55. The fourth-order valence-electron chi connectivity index (χ4n) is 1.94. The molecule has 0 aromatic heterocycles. The van der Waals surface area contributed by atoms with E-state index in [2.05, 4.69) is 5.32 Å². The van der Waals surface area contributed by atoms with Crippen LogP contribution in [0.3, 0.4) is 0 Å². The van der Waals surface area contributed by atoms with Gasteiger partial charge in [-0.3, -0.25) is 4.79 Å². The van der Waals surface area contributed by atoms with Crippen LogP contribution in [0.2, 0.25) is 0 Å². The number of carbonyl (C=O) groups excluding carboxylic acids is 1. The van der Waals surface area contributed by atoms with Crippen molar-refractivity contribution in [3.63, 3.8) is 0 Å². The summed E-state index contributed by atoms with van der Waals surface area (Å²) in [4.78, 5) is 11.9. The predicted molar refractivity (Wildman–Crippen MR) is 81.8 cm³/mol. The van der Waals surface area contributed by atoms with Gasteiger partial charge in [0.2, 0.25) is 5.91 Å². The van der Waals surface area contributed by atoms with E-state index in [9.17, 15) is 4.79 Å². The minimum absolute atomic E-state index is 0.0388. The van der Waals surface area contributed by atoms with Crippen molar-refractivity contribution in [2.45, 2.75) is 39.7 Å². The van der Waals surface area contributed by atoms with Gasteiger partial charge < -0.3 is 15.8 Å². The Balaban J connectivity index is 2.59. The summed E-state index contributed by atoms with van der Waals surface area (Å²) in [5, 5.41) is 2.90. The van der Waals surface area contributed by atoms with Gasteiger partial charge in [0.1, 0.15) is 5.75 Å². The lowest BCUT2D eigenvalue weighted by Gasteiger charge is -2.15. The van der Waals surface area contributed by atoms with Crippen LogP contribution >= 0.6 is 0 Å². The zero-order valence-corrected chi connectivity index (χ0v) is 12.7. The van der Waals surface area contributed by atoms with E-state index in [1.807, 2.05) is 45.0 Å². The van der Waals surface area contributed by atoms with Crippen LogP contribution in [0.1, 0.15) is 32.8 Å². The molecule has 0 saturated heterocycles. The smallest absolute Gasteiger partial charge is 0.224 e. The summed E-state index contributed by atoms with van der Waals surface area (Å²) < 4.78 is 5.60. The van der Waals surface area contributed by atoms with Gasteiger partial charge in [0, 0.05) is 13.1 Å². The van der Waals surface area contributed by atoms with Gasteiger partial charge in [-0.05, 0) is 44.4 Å². The summed E-state index contributed by atoms with van der Waals surface area (Å²) in [5.74, 6) is 0.721. The molecule has 0 spiro atoms. The van der Waals surface area contributed by atoms with Crippen LogP contribution in [-0.2, 0) is 11.2 Å². The van der Waals surface area contributed by atoms with Crippen molar-refractivity contribution in [2.75, 3.05) is 13.1 Å². The van der Waals surface area contributed by atoms with Crippen LogP contribution in [0.15, 0.2) is 24.3 Å². The topological polar surface area (TPSA) is 64.4 Å². The van der Waals surface area contributed by atoms with Crippen LogP contribution in [-0.4, -0.2) is 25.1 Å². The Bertz CT molecular complexity index is 401. The third kappa shape index (κ3) is 5.61. The van der Waals surface area contributed by atoms with Gasteiger partial charge in [0.15, 0.2) is 0 Å². The second kappa shape index (κ2) is 8.59.